The van der Waals surface area contributed by atoms with Crippen molar-refractivity contribution in [1.29, 1.82) is 0 Å². The number of hydrogen-bond acceptors (Lipinski definition) is 8. The summed E-state index contributed by atoms with van der Waals surface area (Å²) in [6.07, 6.45) is 0.642. The van der Waals surface area contributed by atoms with Gasteiger partial charge in [-0.1, -0.05) is 52.8 Å². The maximum Gasteiger partial charge on any atom is 0.239 e. The molecule has 3 rings (SSSR count). The summed E-state index contributed by atoms with van der Waals surface area (Å²) in [5, 5.41) is 19.0. The van der Waals surface area contributed by atoms with Gasteiger partial charge in [0.2, 0.25) is 11.0 Å². The van der Waals surface area contributed by atoms with Crippen LogP contribution in [-0.4, -0.2) is 26.5 Å². The molecule has 1 amide bonds. The van der Waals surface area contributed by atoms with Crippen molar-refractivity contribution >= 4 is 57.2 Å². The Kier molecular flexibility index (Phi) is 6.35. The Morgan fingerprint density at radius 3 is 2.81 bits per heavy atom. The fourth-order valence-corrected chi connectivity index (χ4v) is 4.30. The van der Waals surface area contributed by atoms with Crippen molar-refractivity contribution < 1.29 is 9.32 Å². The van der Waals surface area contributed by atoms with Gasteiger partial charge in [-0.3, -0.25) is 4.79 Å². The van der Waals surface area contributed by atoms with Gasteiger partial charge in [-0.25, -0.2) is 0 Å². The quantitative estimate of drug-likeness (QED) is 0.513. The second-order valence-corrected chi connectivity index (χ2v) is 8.62. The molecule has 0 saturated carbocycles. The summed E-state index contributed by atoms with van der Waals surface area (Å²) >= 11 is 8.89. The fourth-order valence-electron chi connectivity index (χ4n) is 2.18. The first-order valence-corrected chi connectivity index (χ1v) is 10.3. The summed E-state index contributed by atoms with van der Waals surface area (Å²) < 4.78 is 5.67. The number of hydrogen-bond donors (Lipinski definition) is 2. The smallest absolute Gasteiger partial charge is 0.239 e. The first-order valence-electron chi connectivity index (χ1n) is 8.22. The average molecular weight is 424 g/mol. The minimum Gasteiger partial charge on any atom is -0.360 e. The van der Waals surface area contributed by atoms with Crippen LogP contribution in [0.2, 0.25) is 5.02 Å². The Labute approximate surface area is 169 Å². The molecule has 1 atom stereocenters. The molecule has 7 nitrogen and oxygen atoms in total. The third-order valence-corrected chi connectivity index (χ3v) is 6.31. The highest BCUT2D eigenvalue weighted by molar-refractivity contribution is 8.02. The Hall–Kier alpha value is -2.10. The number of rotatable bonds is 7. The van der Waals surface area contributed by atoms with E-state index in [0.29, 0.717) is 32.5 Å². The maximum absolute atomic E-state index is 12.4. The van der Waals surface area contributed by atoms with Crippen molar-refractivity contribution in [3.8, 4) is 0 Å². The molecule has 3 aromatic rings. The molecule has 27 heavy (non-hydrogen) atoms. The molecule has 0 aliphatic rings. The standard InChI is InChI=1S/C17H18ClN5O2S2/c1-4-13(15(24)20-14-7-10(3)25-23-14)26-17-22-21-16(27-17)19-11-6-5-9(2)12(18)8-11/h5-8,13H,4H2,1-3H3,(H,19,21)(H,20,23,24). The molecule has 1 aromatic carbocycles. The van der Waals surface area contributed by atoms with E-state index in [1.807, 2.05) is 32.0 Å². The summed E-state index contributed by atoms with van der Waals surface area (Å²) in [5.41, 5.74) is 1.85. The van der Waals surface area contributed by atoms with Gasteiger partial charge in [0, 0.05) is 16.8 Å². The first kappa shape index (κ1) is 19.7. The Balaban J connectivity index is 1.62. The van der Waals surface area contributed by atoms with Gasteiger partial charge in [0.05, 0.1) is 5.25 Å². The van der Waals surface area contributed by atoms with Crippen LogP contribution in [0.1, 0.15) is 24.7 Å². The number of thioether (sulfide) groups is 1. The maximum atomic E-state index is 12.4. The number of amides is 1. The molecule has 0 fully saturated rings. The van der Waals surface area contributed by atoms with Crippen LogP contribution in [0.5, 0.6) is 0 Å². The zero-order valence-corrected chi connectivity index (χ0v) is 17.3. The Morgan fingerprint density at radius 2 is 2.15 bits per heavy atom. The second kappa shape index (κ2) is 8.73. The normalized spacial score (nSPS) is 12.0. The van der Waals surface area contributed by atoms with Crippen LogP contribution in [0.3, 0.4) is 0 Å². The van der Waals surface area contributed by atoms with E-state index in [1.54, 1.807) is 13.0 Å². The van der Waals surface area contributed by atoms with Crippen LogP contribution in [0, 0.1) is 13.8 Å². The van der Waals surface area contributed by atoms with Crippen LogP contribution in [0.15, 0.2) is 33.1 Å². The molecular formula is C17H18ClN5O2S2. The van der Waals surface area contributed by atoms with E-state index >= 15 is 0 Å². The van der Waals surface area contributed by atoms with Crippen molar-refractivity contribution in [3.63, 3.8) is 0 Å². The molecule has 0 aliphatic carbocycles. The minimum absolute atomic E-state index is 0.147. The van der Waals surface area contributed by atoms with Gasteiger partial charge in [0.15, 0.2) is 10.2 Å². The lowest BCUT2D eigenvalue weighted by Gasteiger charge is -2.10. The van der Waals surface area contributed by atoms with Gasteiger partial charge in [-0.05, 0) is 38.0 Å². The number of benzene rings is 1. The summed E-state index contributed by atoms with van der Waals surface area (Å²) in [4.78, 5) is 12.4. The second-order valence-electron chi connectivity index (χ2n) is 5.79. The van der Waals surface area contributed by atoms with Gasteiger partial charge >= 0.3 is 0 Å². The lowest BCUT2D eigenvalue weighted by molar-refractivity contribution is -0.115. The van der Waals surface area contributed by atoms with Crippen molar-refractivity contribution in [2.45, 2.75) is 36.8 Å². The highest BCUT2D eigenvalue weighted by Gasteiger charge is 2.21. The summed E-state index contributed by atoms with van der Waals surface area (Å²) in [6.45, 7) is 5.66. The van der Waals surface area contributed by atoms with Crippen molar-refractivity contribution in [1.82, 2.24) is 15.4 Å². The van der Waals surface area contributed by atoms with E-state index < -0.39 is 0 Å². The molecule has 1 unspecified atom stereocenters. The molecule has 0 spiro atoms. The number of aryl methyl sites for hydroxylation is 2. The van der Waals surface area contributed by atoms with Gasteiger partial charge in [-0.15, -0.1) is 10.2 Å². The van der Waals surface area contributed by atoms with E-state index in [-0.39, 0.29) is 11.2 Å². The molecule has 10 heteroatoms. The molecule has 0 bridgehead atoms. The Bertz CT molecular complexity index is 943. The number of anilines is 3. The third kappa shape index (κ3) is 5.21. The lowest BCUT2D eigenvalue weighted by atomic mass is 10.2. The van der Waals surface area contributed by atoms with Crippen molar-refractivity contribution in [2.24, 2.45) is 0 Å². The largest absolute Gasteiger partial charge is 0.360 e. The number of halogens is 1. The topological polar surface area (TPSA) is 92.9 Å². The summed E-state index contributed by atoms with van der Waals surface area (Å²) in [6, 6.07) is 7.38. The molecule has 0 aliphatic heterocycles. The zero-order chi connectivity index (χ0) is 19.4. The first-order chi connectivity index (χ1) is 12.9. The predicted molar refractivity (Wildman–Crippen MR) is 109 cm³/mol. The summed E-state index contributed by atoms with van der Waals surface area (Å²) in [7, 11) is 0. The molecule has 142 valence electrons. The van der Waals surface area contributed by atoms with Gasteiger partial charge in [-0.2, -0.15) is 0 Å². The lowest BCUT2D eigenvalue weighted by Crippen LogP contribution is -2.24. The van der Waals surface area contributed by atoms with Gasteiger partial charge in [0.1, 0.15) is 5.76 Å². The van der Waals surface area contributed by atoms with Crippen LogP contribution in [-0.2, 0) is 4.79 Å². The fraction of sp³-hybridized carbons (Fsp3) is 0.294. The van der Waals surface area contributed by atoms with E-state index in [2.05, 4.69) is 26.0 Å². The van der Waals surface area contributed by atoms with Crippen LogP contribution in [0.25, 0.3) is 0 Å². The summed E-state index contributed by atoms with van der Waals surface area (Å²) in [5.74, 6) is 0.903. The molecular weight excluding hydrogens is 406 g/mol. The van der Waals surface area contributed by atoms with Crippen LogP contribution in [0.4, 0.5) is 16.6 Å². The highest BCUT2D eigenvalue weighted by atomic mass is 35.5. The SMILES string of the molecule is CCC(Sc1nnc(Nc2ccc(C)c(Cl)c2)s1)C(=O)Nc1cc(C)on1. The van der Waals surface area contributed by atoms with Crippen molar-refractivity contribution in [2.75, 3.05) is 10.6 Å². The Morgan fingerprint density at radius 1 is 1.33 bits per heavy atom. The van der Waals surface area contributed by atoms with Crippen LogP contribution >= 0.6 is 34.7 Å². The predicted octanol–water partition coefficient (Wildman–Crippen LogP) is 5.05. The molecule has 0 radical (unpaired) electrons. The molecule has 2 heterocycles. The molecule has 2 aromatic heterocycles. The highest BCUT2D eigenvalue weighted by Crippen LogP contribution is 2.32. The number of aromatic nitrogens is 3. The monoisotopic (exact) mass is 423 g/mol. The van der Waals surface area contributed by atoms with Crippen molar-refractivity contribution in [3.05, 3.63) is 40.6 Å². The minimum atomic E-state index is -0.309. The number of carbonyl (C=O) groups is 1. The third-order valence-electron chi connectivity index (χ3n) is 3.62. The zero-order valence-electron chi connectivity index (χ0n) is 14.9. The molecule has 2 N–H and O–H groups in total. The van der Waals surface area contributed by atoms with E-state index in [4.69, 9.17) is 16.1 Å². The molecule has 0 saturated heterocycles. The number of nitrogens with one attached hydrogen (secondary N) is 2. The van der Waals surface area contributed by atoms with Crippen LogP contribution < -0.4 is 10.6 Å². The van der Waals surface area contributed by atoms with Gasteiger partial charge < -0.3 is 15.2 Å². The number of carbonyl (C=O) groups excluding carboxylic acids is 1. The average Bonchev–Trinajstić information content (AvgIpc) is 3.24. The van der Waals surface area contributed by atoms with E-state index in [0.717, 1.165) is 11.3 Å². The van der Waals surface area contributed by atoms with Gasteiger partial charge in [0.25, 0.3) is 0 Å². The number of nitrogens with zero attached hydrogens (tertiary/aromatic N) is 3. The van der Waals surface area contributed by atoms with E-state index in [9.17, 15) is 4.79 Å². The van der Waals surface area contributed by atoms with E-state index in [1.165, 1.54) is 23.1 Å².